The summed E-state index contributed by atoms with van der Waals surface area (Å²) in [5, 5.41) is 3.22. The summed E-state index contributed by atoms with van der Waals surface area (Å²) in [4.78, 5) is 0. The highest BCUT2D eigenvalue weighted by molar-refractivity contribution is 5.46. The van der Waals surface area contributed by atoms with E-state index in [1.54, 1.807) is 0 Å². The SMILES string of the molecule is CNCC1c2cccc(C)c2OC1C. The van der Waals surface area contributed by atoms with Crippen molar-refractivity contribution in [1.29, 1.82) is 0 Å². The monoisotopic (exact) mass is 191 g/mol. The van der Waals surface area contributed by atoms with Crippen LogP contribution in [0.5, 0.6) is 5.75 Å². The maximum Gasteiger partial charge on any atom is 0.126 e. The molecule has 1 N–H and O–H groups in total. The largest absolute Gasteiger partial charge is 0.489 e. The number of hydrogen-bond acceptors (Lipinski definition) is 2. The molecule has 0 bridgehead atoms. The zero-order valence-electron chi connectivity index (χ0n) is 9.00. The molecule has 2 atom stereocenters. The van der Waals surface area contributed by atoms with Crippen molar-refractivity contribution in [2.45, 2.75) is 25.9 Å². The third-order valence-corrected chi connectivity index (χ3v) is 2.94. The molecule has 1 aromatic rings. The van der Waals surface area contributed by atoms with Gasteiger partial charge in [0.2, 0.25) is 0 Å². The second-order valence-electron chi connectivity index (χ2n) is 3.98. The Hall–Kier alpha value is -1.02. The lowest BCUT2D eigenvalue weighted by Crippen LogP contribution is -2.24. The summed E-state index contributed by atoms with van der Waals surface area (Å²) in [5.41, 5.74) is 2.60. The summed E-state index contributed by atoms with van der Waals surface area (Å²) >= 11 is 0. The highest BCUT2D eigenvalue weighted by atomic mass is 16.5. The van der Waals surface area contributed by atoms with Crippen LogP contribution in [0.15, 0.2) is 18.2 Å². The van der Waals surface area contributed by atoms with Crippen LogP contribution >= 0.6 is 0 Å². The fourth-order valence-corrected chi connectivity index (χ4v) is 2.14. The van der Waals surface area contributed by atoms with E-state index in [-0.39, 0.29) is 0 Å². The van der Waals surface area contributed by atoms with Crippen molar-refractivity contribution >= 4 is 0 Å². The maximum atomic E-state index is 5.86. The number of para-hydroxylation sites is 1. The fourth-order valence-electron chi connectivity index (χ4n) is 2.14. The van der Waals surface area contributed by atoms with Crippen molar-refractivity contribution in [3.63, 3.8) is 0 Å². The molecule has 2 unspecified atom stereocenters. The van der Waals surface area contributed by atoms with Gasteiger partial charge in [0.25, 0.3) is 0 Å². The third-order valence-electron chi connectivity index (χ3n) is 2.94. The summed E-state index contributed by atoms with van der Waals surface area (Å²) < 4.78 is 5.86. The van der Waals surface area contributed by atoms with Gasteiger partial charge in [-0.05, 0) is 26.5 Å². The lowest BCUT2D eigenvalue weighted by molar-refractivity contribution is 0.224. The van der Waals surface area contributed by atoms with Gasteiger partial charge in [-0.1, -0.05) is 18.2 Å². The van der Waals surface area contributed by atoms with Crippen molar-refractivity contribution in [2.24, 2.45) is 0 Å². The predicted molar refractivity (Wildman–Crippen MR) is 57.9 cm³/mol. The molecule has 2 rings (SSSR count). The molecular formula is C12H17NO. The molecule has 0 amide bonds. The molecular weight excluding hydrogens is 174 g/mol. The first-order chi connectivity index (χ1) is 6.74. The van der Waals surface area contributed by atoms with Crippen molar-refractivity contribution in [2.75, 3.05) is 13.6 Å². The minimum absolute atomic E-state index is 0.290. The molecule has 1 heterocycles. The minimum atomic E-state index is 0.290. The van der Waals surface area contributed by atoms with Crippen LogP contribution in [-0.2, 0) is 0 Å². The summed E-state index contributed by atoms with van der Waals surface area (Å²) in [6, 6.07) is 6.39. The molecule has 0 saturated heterocycles. The van der Waals surface area contributed by atoms with Gasteiger partial charge in [0.15, 0.2) is 0 Å². The molecule has 0 radical (unpaired) electrons. The van der Waals surface area contributed by atoms with Crippen molar-refractivity contribution in [1.82, 2.24) is 5.32 Å². The molecule has 1 aliphatic heterocycles. The summed E-state index contributed by atoms with van der Waals surface area (Å²) in [5.74, 6) is 1.59. The Morgan fingerprint density at radius 1 is 1.43 bits per heavy atom. The zero-order chi connectivity index (χ0) is 10.1. The van der Waals surface area contributed by atoms with Gasteiger partial charge in [0, 0.05) is 18.0 Å². The third kappa shape index (κ3) is 1.40. The van der Waals surface area contributed by atoms with Gasteiger partial charge in [-0.3, -0.25) is 0 Å². The predicted octanol–water partition coefficient (Wildman–Crippen LogP) is 2.08. The van der Waals surface area contributed by atoms with Gasteiger partial charge < -0.3 is 10.1 Å². The smallest absolute Gasteiger partial charge is 0.126 e. The number of nitrogens with one attached hydrogen (secondary N) is 1. The zero-order valence-corrected chi connectivity index (χ0v) is 9.00. The Kier molecular flexibility index (Phi) is 2.46. The van der Waals surface area contributed by atoms with E-state index in [0.717, 1.165) is 12.3 Å². The number of ether oxygens (including phenoxy) is 1. The molecule has 14 heavy (non-hydrogen) atoms. The first-order valence-electron chi connectivity index (χ1n) is 5.15. The van der Waals surface area contributed by atoms with E-state index in [2.05, 4.69) is 37.4 Å². The second-order valence-corrected chi connectivity index (χ2v) is 3.98. The quantitative estimate of drug-likeness (QED) is 0.772. The minimum Gasteiger partial charge on any atom is -0.489 e. The number of rotatable bonds is 2. The van der Waals surface area contributed by atoms with Gasteiger partial charge >= 0.3 is 0 Å². The molecule has 2 heteroatoms. The molecule has 0 aliphatic carbocycles. The molecule has 0 aromatic heterocycles. The van der Waals surface area contributed by atoms with E-state index in [1.165, 1.54) is 11.1 Å². The highest BCUT2D eigenvalue weighted by Crippen LogP contribution is 2.39. The van der Waals surface area contributed by atoms with Gasteiger partial charge in [0.05, 0.1) is 0 Å². The molecule has 76 valence electrons. The number of aryl methyl sites for hydroxylation is 1. The van der Waals surface area contributed by atoms with Crippen LogP contribution in [0.1, 0.15) is 24.0 Å². The second kappa shape index (κ2) is 3.62. The van der Waals surface area contributed by atoms with Crippen LogP contribution < -0.4 is 10.1 Å². The first kappa shape index (κ1) is 9.53. The van der Waals surface area contributed by atoms with Crippen LogP contribution in [-0.4, -0.2) is 19.7 Å². The Morgan fingerprint density at radius 3 is 2.93 bits per heavy atom. The topological polar surface area (TPSA) is 21.3 Å². The van der Waals surface area contributed by atoms with Crippen molar-refractivity contribution in [3.8, 4) is 5.75 Å². The Balaban J connectivity index is 2.37. The van der Waals surface area contributed by atoms with E-state index in [1.807, 2.05) is 7.05 Å². The van der Waals surface area contributed by atoms with Gasteiger partial charge in [0.1, 0.15) is 11.9 Å². The van der Waals surface area contributed by atoms with E-state index >= 15 is 0 Å². The summed E-state index contributed by atoms with van der Waals surface area (Å²) in [7, 11) is 1.99. The molecule has 1 aliphatic rings. The van der Waals surface area contributed by atoms with Crippen LogP contribution in [0.4, 0.5) is 0 Å². The lowest BCUT2D eigenvalue weighted by atomic mass is 9.95. The van der Waals surface area contributed by atoms with Crippen molar-refractivity contribution < 1.29 is 4.74 Å². The van der Waals surface area contributed by atoms with Crippen LogP contribution in [0, 0.1) is 6.92 Å². The van der Waals surface area contributed by atoms with Crippen LogP contribution in [0.25, 0.3) is 0 Å². The van der Waals surface area contributed by atoms with Gasteiger partial charge in [-0.15, -0.1) is 0 Å². The van der Waals surface area contributed by atoms with Gasteiger partial charge in [-0.2, -0.15) is 0 Å². The molecule has 0 fully saturated rings. The summed E-state index contributed by atoms with van der Waals surface area (Å²) in [6.07, 6.45) is 0.290. The van der Waals surface area contributed by atoms with Crippen LogP contribution in [0.3, 0.4) is 0 Å². The highest BCUT2D eigenvalue weighted by Gasteiger charge is 2.31. The number of fused-ring (bicyclic) bond motifs is 1. The molecule has 0 spiro atoms. The first-order valence-corrected chi connectivity index (χ1v) is 5.15. The Morgan fingerprint density at radius 2 is 2.21 bits per heavy atom. The summed E-state index contributed by atoms with van der Waals surface area (Å²) in [6.45, 7) is 5.23. The average molecular weight is 191 g/mol. The lowest BCUT2D eigenvalue weighted by Gasteiger charge is -2.13. The number of benzene rings is 1. The maximum absolute atomic E-state index is 5.86. The molecule has 1 aromatic carbocycles. The van der Waals surface area contributed by atoms with Gasteiger partial charge in [-0.25, -0.2) is 0 Å². The van der Waals surface area contributed by atoms with Crippen molar-refractivity contribution in [3.05, 3.63) is 29.3 Å². The van der Waals surface area contributed by atoms with E-state index in [9.17, 15) is 0 Å². The average Bonchev–Trinajstić information content (AvgIpc) is 2.47. The molecule has 0 saturated carbocycles. The van der Waals surface area contributed by atoms with E-state index in [4.69, 9.17) is 4.74 Å². The normalized spacial score (nSPS) is 24.5. The standard InChI is InChI=1S/C12H17NO/c1-8-5-4-6-10-11(7-13-3)9(2)14-12(8)10/h4-6,9,11,13H,7H2,1-3H3. The fraction of sp³-hybridized carbons (Fsp3) is 0.500. The Bertz CT molecular complexity index is 335. The Labute approximate surface area is 85.3 Å². The number of hydrogen-bond donors (Lipinski definition) is 1. The van der Waals surface area contributed by atoms with E-state index < -0.39 is 0 Å². The molecule has 2 nitrogen and oxygen atoms in total. The van der Waals surface area contributed by atoms with E-state index in [0.29, 0.717) is 12.0 Å². The van der Waals surface area contributed by atoms with Crippen LogP contribution in [0.2, 0.25) is 0 Å². The number of likely N-dealkylation sites (N-methyl/N-ethyl adjacent to an activating group) is 1.